The second-order valence-electron chi connectivity index (χ2n) is 11.2. The van der Waals surface area contributed by atoms with Gasteiger partial charge in [0.25, 0.3) is 0 Å². The first-order chi connectivity index (χ1) is 21.3. The van der Waals surface area contributed by atoms with Gasteiger partial charge in [-0.2, -0.15) is 0 Å². The van der Waals surface area contributed by atoms with Crippen molar-refractivity contribution >= 4 is 54.3 Å². The van der Waals surface area contributed by atoms with Crippen LogP contribution in [0.5, 0.6) is 0 Å². The average molecular weight is 547 g/mol. The fourth-order valence-electron chi connectivity index (χ4n) is 6.98. The normalized spacial score (nSPS) is 11.7. The molecule has 8 aromatic carbocycles. The van der Waals surface area contributed by atoms with Crippen LogP contribution >= 0.6 is 0 Å². The van der Waals surface area contributed by atoms with E-state index in [1.54, 1.807) is 0 Å². The van der Waals surface area contributed by atoms with Crippen LogP contribution in [0, 0.1) is 0 Å². The van der Waals surface area contributed by atoms with Gasteiger partial charge in [0.15, 0.2) is 0 Å². The van der Waals surface area contributed by atoms with E-state index in [2.05, 4.69) is 158 Å². The van der Waals surface area contributed by atoms with Gasteiger partial charge in [0.2, 0.25) is 0 Å². The summed E-state index contributed by atoms with van der Waals surface area (Å²) >= 11 is 0. The van der Waals surface area contributed by atoms with Gasteiger partial charge in [-0.3, -0.25) is 0 Å². The standard InChI is InChI=1S/C42H26O/c1-2-13-28(14-3-1)40-32-17-6-8-19-34(32)41(35-20-9-7-18-33(35)40)29-24-25-39-38(26-29)37-23-11-22-36(42(37)43-39)31-21-10-15-27-12-4-5-16-30(27)31/h1-26H. The number of fused-ring (bicyclic) bond motifs is 6. The minimum Gasteiger partial charge on any atom is -0.455 e. The van der Waals surface area contributed by atoms with E-state index in [4.69, 9.17) is 4.42 Å². The number of furan rings is 1. The molecule has 0 aliphatic carbocycles. The summed E-state index contributed by atoms with van der Waals surface area (Å²) in [7, 11) is 0. The lowest BCUT2D eigenvalue weighted by Crippen LogP contribution is -1.90. The van der Waals surface area contributed by atoms with Gasteiger partial charge in [0, 0.05) is 16.3 Å². The summed E-state index contributed by atoms with van der Waals surface area (Å²) in [6.07, 6.45) is 0. The van der Waals surface area contributed by atoms with Crippen molar-refractivity contribution in [3.63, 3.8) is 0 Å². The van der Waals surface area contributed by atoms with Crippen LogP contribution in [-0.2, 0) is 0 Å². The molecule has 0 atom stereocenters. The molecule has 1 heterocycles. The number of rotatable bonds is 3. The molecule has 0 aliphatic rings. The molecule has 0 N–H and O–H groups in total. The third-order valence-electron chi connectivity index (χ3n) is 8.86. The summed E-state index contributed by atoms with van der Waals surface area (Å²) in [4.78, 5) is 0. The maximum atomic E-state index is 6.63. The SMILES string of the molecule is c1ccc(-c2c3ccccc3c(-c3ccc4oc5c(-c6cccc7ccccc67)cccc5c4c3)c3ccccc23)cc1. The van der Waals surface area contributed by atoms with Gasteiger partial charge in [-0.1, -0.05) is 146 Å². The summed E-state index contributed by atoms with van der Waals surface area (Å²) in [6.45, 7) is 0. The van der Waals surface area contributed by atoms with E-state index in [1.165, 1.54) is 60.1 Å². The van der Waals surface area contributed by atoms with Crippen LogP contribution in [-0.4, -0.2) is 0 Å². The molecule has 0 radical (unpaired) electrons. The Labute approximate surface area is 249 Å². The van der Waals surface area contributed by atoms with E-state index >= 15 is 0 Å². The van der Waals surface area contributed by atoms with Crippen molar-refractivity contribution < 1.29 is 4.42 Å². The Morgan fingerprint density at radius 2 is 0.860 bits per heavy atom. The summed E-state index contributed by atoms with van der Waals surface area (Å²) in [5.41, 5.74) is 9.11. The molecule has 200 valence electrons. The molecule has 43 heavy (non-hydrogen) atoms. The Morgan fingerprint density at radius 3 is 1.58 bits per heavy atom. The van der Waals surface area contributed by atoms with Crippen molar-refractivity contribution in [2.45, 2.75) is 0 Å². The molecule has 0 spiro atoms. The Balaban J connectivity index is 1.33. The van der Waals surface area contributed by atoms with E-state index in [9.17, 15) is 0 Å². The topological polar surface area (TPSA) is 13.1 Å². The Bertz CT molecular complexity index is 2440. The maximum absolute atomic E-state index is 6.63. The average Bonchev–Trinajstić information content (AvgIpc) is 3.45. The number of hydrogen-bond donors (Lipinski definition) is 0. The highest BCUT2D eigenvalue weighted by atomic mass is 16.3. The van der Waals surface area contributed by atoms with Crippen LogP contribution in [0.4, 0.5) is 0 Å². The lowest BCUT2D eigenvalue weighted by Gasteiger charge is -2.17. The molecule has 0 aliphatic heterocycles. The van der Waals surface area contributed by atoms with Gasteiger partial charge < -0.3 is 4.42 Å². The van der Waals surface area contributed by atoms with Crippen LogP contribution in [0.2, 0.25) is 0 Å². The number of hydrogen-bond acceptors (Lipinski definition) is 1. The molecule has 1 nitrogen and oxygen atoms in total. The molecule has 0 saturated heterocycles. The summed E-state index contributed by atoms with van der Waals surface area (Å²) in [5.74, 6) is 0. The molecule has 0 fully saturated rings. The summed E-state index contributed by atoms with van der Waals surface area (Å²) in [6, 6.07) is 56.7. The number of para-hydroxylation sites is 1. The molecule has 1 heteroatoms. The minimum absolute atomic E-state index is 0.904. The first-order valence-corrected chi connectivity index (χ1v) is 14.8. The fourth-order valence-corrected chi connectivity index (χ4v) is 6.98. The Kier molecular flexibility index (Phi) is 5.27. The zero-order valence-corrected chi connectivity index (χ0v) is 23.4. The van der Waals surface area contributed by atoms with Crippen molar-refractivity contribution in [3.8, 4) is 33.4 Å². The third kappa shape index (κ3) is 3.65. The number of benzene rings is 8. The second kappa shape index (κ2) is 9.44. The highest BCUT2D eigenvalue weighted by molar-refractivity contribution is 6.22. The van der Waals surface area contributed by atoms with Crippen molar-refractivity contribution in [3.05, 3.63) is 158 Å². The van der Waals surface area contributed by atoms with Crippen molar-refractivity contribution in [1.82, 2.24) is 0 Å². The first-order valence-electron chi connectivity index (χ1n) is 14.8. The van der Waals surface area contributed by atoms with Crippen molar-refractivity contribution in [2.24, 2.45) is 0 Å². The van der Waals surface area contributed by atoms with Gasteiger partial charge in [-0.25, -0.2) is 0 Å². The van der Waals surface area contributed by atoms with E-state index in [0.717, 1.165) is 27.5 Å². The van der Waals surface area contributed by atoms with E-state index in [0.29, 0.717) is 0 Å². The van der Waals surface area contributed by atoms with Gasteiger partial charge in [0.05, 0.1) is 0 Å². The van der Waals surface area contributed by atoms with Crippen LogP contribution in [0.25, 0.3) is 87.6 Å². The van der Waals surface area contributed by atoms with E-state index < -0.39 is 0 Å². The molecule has 0 saturated carbocycles. The van der Waals surface area contributed by atoms with Crippen LogP contribution in [0.1, 0.15) is 0 Å². The highest BCUT2D eigenvalue weighted by Crippen LogP contribution is 2.45. The molecule has 0 bridgehead atoms. The van der Waals surface area contributed by atoms with Gasteiger partial charge in [0.1, 0.15) is 11.2 Å². The summed E-state index contributed by atoms with van der Waals surface area (Å²) in [5, 5.41) is 9.76. The Morgan fingerprint density at radius 1 is 0.326 bits per heavy atom. The second-order valence-corrected chi connectivity index (χ2v) is 11.2. The lowest BCUT2D eigenvalue weighted by atomic mass is 9.86. The van der Waals surface area contributed by atoms with Crippen molar-refractivity contribution in [2.75, 3.05) is 0 Å². The van der Waals surface area contributed by atoms with Crippen molar-refractivity contribution in [1.29, 1.82) is 0 Å². The zero-order valence-electron chi connectivity index (χ0n) is 23.4. The lowest BCUT2D eigenvalue weighted by molar-refractivity contribution is 0.670. The fraction of sp³-hybridized carbons (Fsp3) is 0. The molecule has 0 amide bonds. The molecule has 9 aromatic rings. The van der Waals surface area contributed by atoms with Gasteiger partial charge >= 0.3 is 0 Å². The molecule has 0 unspecified atom stereocenters. The largest absolute Gasteiger partial charge is 0.455 e. The van der Waals surface area contributed by atoms with Crippen LogP contribution in [0.3, 0.4) is 0 Å². The van der Waals surface area contributed by atoms with Gasteiger partial charge in [-0.05, 0) is 72.3 Å². The molecule has 1 aromatic heterocycles. The monoisotopic (exact) mass is 546 g/mol. The third-order valence-corrected chi connectivity index (χ3v) is 8.86. The Hall–Kier alpha value is -5.66. The predicted molar refractivity (Wildman–Crippen MR) is 183 cm³/mol. The van der Waals surface area contributed by atoms with E-state index in [1.807, 2.05) is 0 Å². The van der Waals surface area contributed by atoms with E-state index in [-0.39, 0.29) is 0 Å². The highest BCUT2D eigenvalue weighted by Gasteiger charge is 2.19. The minimum atomic E-state index is 0.904. The molecular formula is C42H26O. The van der Waals surface area contributed by atoms with Crippen LogP contribution < -0.4 is 0 Å². The van der Waals surface area contributed by atoms with Crippen LogP contribution in [0.15, 0.2) is 162 Å². The quantitative estimate of drug-likeness (QED) is 0.201. The summed E-state index contributed by atoms with van der Waals surface area (Å²) < 4.78 is 6.63. The maximum Gasteiger partial charge on any atom is 0.143 e. The molecule has 9 rings (SSSR count). The van der Waals surface area contributed by atoms with Gasteiger partial charge in [-0.15, -0.1) is 0 Å². The first kappa shape index (κ1) is 24.0. The zero-order chi connectivity index (χ0) is 28.3. The predicted octanol–water partition coefficient (Wildman–Crippen LogP) is 12.0. The smallest absolute Gasteiger partial charge is 0.143 e. The molecular weight excluding hydrogens is 520 g/mol.